The Balaban J connectivity index is 0.000000180. The minimum atomic E-state index is 0.530. The van der Waals surface area contributed by atoms with Crippen molar-refractivity contribution in [3.8, 4) is 57.0 Å². The molecule has 3 heterocycles. The summed E-state index contributed by atoms with van der Waals surface area (Å²) in [5.74, 6) is 5.82. The van der Waals surface area contributed by atoms with Crippen LogP contribution in [0.3, 0.4) is 0 Å². The molecule has 1 saturated heterocycles. The smallest absolute Gasteiger partial charge is 0.120 e. The van der Waals surface area contributed by atoms with Crippen LogP contribution in [0.1, 0.15) is 76.6 Å². The van der Waals surface area contributed by atoms with Gasteiger partial charge in [0.05, 0.1) is 24.6 Å². The number of piperidine rings is 1. The van der Waals surface area contributed by atoms with Gasteiger partial charge in [-0.05, 0) is 217 Å². The third kappa shape index (κ3) is 17.1. The van der Waals surface area contributed by atoms with Crippen LogP contribution in [0, 0.1) is 13.8 Å². The number of ether oxygens (including phenoxy) is 6. The first kappa shape index (κ1) is 63.5. The summed E-state index contributed by atoms with van der Waals surface area (Å²) in [6, 6.07) is 87.9. The van der Waals surface area contributed by atoms with Crippen molar-refractivity contribution in [2.45, 2.75) is 85.5 Å². The molecule has 0 bridgehead atoms. The number of rotatable bonds is 27. The van der Waals surface area contributed by atoms with Crippen LogP contribution in [-0.2, 0) is 39.5 Å². The molecule has 1 fully saturated rings. The SMILES string of the molecule is Cc1c(-c2ccc(OCc3ccccc3)cc2)n(Cc2ccc(OCCCCl)cc2)c2ccc(OCc3ccccc3)cc12.Cc1c(-c2ccc(OCc3ccccc3)cc2)n(Cc2ccc(OCCCN3CCCCC3)cc2)c2ccc(OCc3ccccc3)cc12. The number of likely N-dealkylation sites (tertiary alicyclic amines) is 1. The van der Waals surface area contributed by atoms with E-state index in [1.165, 1.54) is 82.3 Å². The predicted molar refractivity (Wildman–Crippen MR) is 380 cm³/mol. The fourth-order valence-electron chi connectivity index (χ4n) is 12.3. The molecule has 13 rings (SSSR count). The molecule has 0 spiro atoms. The summed E-state index contributed by atoms with van der Waals surface area (Å²) >= 11 is 5.81. The second-order valence-corrected chi connectivity index (χ2v) is 24.3. The third-order valence-electron chi connectivity index (χ3n) is 17.2. The molecule has 2 aromatic heterocycles. The first-order valence-corrected chi connectivity index (χ1v) is 33.3. The van der Waals surface area contributed by atoms with E-state index < -0.39 is 0 Å². The van der Waals surface area contributed by atoms with Crippen LogP contribution in [0.25, 0.3) is 44.3 Å². The van der Waals surface area contributed by atoms with Gasteiger partial charge in [-0.25, -0.2) is 0 Å². The van der Waals surface area contributed by atoms with E-state index in [1.54, 1.807) is 0 Å². The number of benzene rings is 10. The van der Waals surface area contributed by atoms with Crippen LogP contribution in [0.15, 0.2) is 255 Å². The highest BCUT2D eigenvalue weighted by Crippen LogP contribution is 2.39. The van der Waals surface area contributed by atoms with Crippen LogP contribution in [0.4, 0.5) is 0 Å². The summed E-state index contributed by atoms with van der Waals surface area (Å²) in [5, 5.41) is 2.37. The molecule has 1 aliphatic heterocycles. The lowest BCUT2D eigenvalue weighted by Crippen LogP contribution is -2.31. The highest BCUT2D eigenvalue weighted by Gasteiger charge is 2.20. The van der Waals surface area contributed by atoms with Gasteiger partial charge in [-0.2, -0.15) is 0 Å². The number of halogens is 1. The summed E-state index contributed by atoms with van der Waals surface area (Å²) < 4.78 is 41.5. The van der Waals surface area contributed by atoms with Crippen molar-refractivity contribution in [1.29, 1.82) is 0 Å². The van der Waals surface area contributed by atoms with Crippen LogP contribution < -0.4 is 28.4 Å². The number of fused-ring (bicyclic) bond motifs is 2. The first-order chi connectivity index (χ1) is 45.9. The maximum absolute atomic E-state index is 6.25. The summed E-state index contributed by atoms with van der Waals surface area (Å²) in [4.78, 5) is 2.57. The second kappa shape index (κ2) is 32.1. The lowest BCUT2D eigenvalue weighted by Gasteiger charge is -2.26. The molecule has 0 N–H and O–H groups in total. The monoisotopic (exact) mass is 1250 g/mol. The predicted octanol–water partition coefficient (Wildman–Crippen LogP) is 19.9. The molecular weight excluding hydrogens is 1170 g/mol. The minimum Gasteiger partial charge on any atom is -0.494 e. The number of aromatic nitrogens is 2. The maximum atomic E-state index is 6.25. The number of nitrogens with zero attached hydrogens (tertiary/aromatic N) is 3. The Labute approximate surface area is 553 Å². The molecule has 10 heteroatoms. The van der Waals surface area contributed by atoms with Gasteiger partial charge in [-0.15, -0.1) is 11.6 Å². The number of hydrogen-bond donors (Lipinski definition) is 0. The lowest BCUT2D eigenvalue weighted by molar-refractivity contribution is 0.205. The minimum absolute atomic E-state index is 0.530. The Morgan fingerprint density at radius 1 is 0.333 bits per heavy atom. The quantitative estimate of drug-likeness (QED) is 0.0375. The molecular formula is C83H82ClN3O6. The number of alkyl halides is 1. The first-order valence-electron chi connectivity index (χ1n) is 32.7. The normalized spacial score (nSPS) is 12.3. The molecule has 472 valence electrons. The van der Waals surface area contributed by atoms with Gasteiger partial charge in [0.2, 0.25) is 0 Å². The van der Waals surface area contributed by atoms with Gasteiger partial charge in [0.25, 0.3) is 0 Å². The molecule has 9 nitrogen and oxygen atoms in total. The lowest BCUT2D eigenvalue weighted by atomic mass is 10.1. The molecule has 0 aliphatic carbocycles. The van der Waals surface area contributed by atoms with E-state index in [4.69, 9.17) is 40.0 Å². The summed E-state index contributed by atoms with van der Waals surface area (Å²) in [7, 11) is 0. The largest absolute Gasteiger partial charge is 0.494 e. The van der Waals surface area contributed by atoms with E-state index in [0.29, 0.717) is 38.9 Å². The number of aryl methyl sites for hydroxylation is 2. The van der Waals surface area contributed by atoms with Crippen LogP contribution in [0.5, 0.6) is 34.5 Å². The van der Waals surface area contributed by atoms with Crippen molar-refractivity contribution in [1.82, 2.24) is 14.0 Å². The van der Waals surface area contributed by atoms with E-state index in [-0.39, 0.29) is 0 Å². The average molecular weight is 1250 g/mol. The molecule has 0 atom stereocenters. The average Bonchev–Trinajstić information content (AvgIpc) is 1.76. The molecule has 0 radical (unpaired) electrons. The zero-order chi connectivity index (χ0) is 63.4. The van der Waals surface area contributed by atoms with Gasteiger partial charge in [0.15, 0.2) is 0 Å². The molecule has 12 aromatic rings. The van der Waals surface area contributed by atoms with Crippen LogP contribution in [0.2, 0.25) is 0 Å². The molecule has 0 unspecified atom stereocenters. The van der Waals surface area contributed by atoms with Crippen LogP contribution in [-0.4, -0.2) is 52.8 Å². The van der Waals surface area contributed by atoms with E-state index in [0.717, 1.165) is 112 Å². The fraction of sp³-hybridized carbons (Fsp3) is 0.229. The third-order valence-corrected chi connectivity index (χ3v) is 17.5. The molecule has 10 aromatic carbocycles. The van der Waals surface area contributed by atoms with E-state index in [2.05, 4.69) is 198 Å². The van der Waals surface area contributed by atoms with Crippen molar-refractivity contribution in [3.05, 3.63) is 299 Å². The summed E-state index contributed by atoms with van der Waals surface area (Å²) in [5.41, 5.74) is 16.5. The van der Waals surface area contributed by atoms with Crippen molar-refractivity contribution >= 4 is 33.4 Å². The van der Waals surface area contributed by atoms with Crippen LogP contribution >= 0.6 is 11.6 Å². The van der Waals surface area contributed by atoms with Gasteiger partial charge >= 0.3 is 0 Å². The maximum Gasteiger partial charge on any atom is 0.120 e. The zero-order valence-electron chi connectivity index (χ0n) is 53.4. The topological polar surface area (TPSA) is 68.5 Å². The Kier molecular flexibility index (Phi) is 21.9. The van der Waals surface area contributed by atoms with E-state index in [9.17, 15) is 0 Å². The van der Waals surface area contributed by atoms with Gasteiger partial charge in [-0.3, -0.25) is 0 Å². The zero-order valence-corrected chi connectivity index (χ0v) is 54.2. The van der Waals surface area contributed by atoms with Gasteiger partial charge < -0.3 is 42.5 Å². The highest BCUT2D eigenvalue weighted by atomic mass is 35.5. The van der Waals surface area contributed by atoms with Gasteiger partial charge in [0, 0.05) is 47.3 Å². The standard InChI is InChI=1S/C44H46N2O3.C39H36ClNO3/c1-34-42-30-41(49-33-37-14-7-3-8-15-37)24-25-43(42)46(44(34)38-18-22-40(23-19-38)48-32-36-12-5-2-6-13-36)31-35-16-20-39(21-17-35)47-29-11-28-45-26-9-4-10-27-45;1-29-37-25-36(44-28-32-11-6-3-7-12-32)21-22-38(37)41(26-30-13-17-34(18-14-30)42-24-8-23-40)39(29)33-15-19-35(20-16-33)43-27-31-9-4-2-5-10-31/h2-3,5-8,12-25,30H,4,9-11,26-29,31-33H2,1H3;2-7,9-22,25H,8,23-24,26-28H2,1H3. The van der Waals surface area contributed by atoms with Gasteiger partial charge in [-0.1, -0.05) is 152 Å². The Hall–Kier alpha value is -9.67. The van der Waals surface area contributed by atoms with Crippen molar-refractivity contribution < 1.29 is 28.4 Å². The van der Waals surface area contributed by atoms with E-state index >= 15 is 0 Å². The molecule has 0 amide bonds. The number of hydrogen-bond acceptors (Lipinski definition) is 7. The highest BCUT2D eigenvalue weighted by molar-refractivity contribution is 6.17. The van der Waals surface area contributed by atoms with Gasteiger partial charge in [0.1, 0.15) is 60.9 Å². The van der Waals surface area contributed by atoms with Crippen molar-refractivity contribution in [3.63, 3.8) is 0 Å². The Bertz CT molecular complexity index is 4250. The summed E-state index contributed by atoms with van der Waals surface area (Å²) in [6.45, 7) is 13.0. The molecule has 93 heavy (non-hydrogen) atoms. The molecule has 1 aliphatic rings. The van der Waals surface area contributed by atoms with E-state index in [1.807, 2.05) is 84.9 Å². The Morgan fingerprint density at radius 2 is 0.667 bits per heavy atom. The van der Waals surface area contributed by atoms with Crippen molar-refractivity contribution in [2.75, 3.05) is 38.7 Å². The fourth-order valence-corrected chi connectivity index (χ4v) is 12.4. The Morgan fingerprint density at radius 3 is 1.04 bits per heavy atom. The second-order valence-electron chi connectivity index (χ2n) is 23.9. The molecule has 0 saturated carbocycles. The van der Waals surface area contributed by atoms with Crippen molar-refractivity contribution in [2.24, 2.45) is 0 Å². The summed E-state index contributed by atoms with van der Waals surface area (Å²) in [6.07, 6.45) is 5.93.